The summed E-state index contributed by atoms with van der Waals surface area (Å²) >= 11 is 0. The van der Waals surface area contributed by atoms with E-state index in [1.165, 1.54) is 5.56 Å². The van der Waals surface area contributed by atoms with Crippen molar-refractivity contribution < 1.29 is 9.53 Å². The maximum absolute atomic E-state index is 10.8. The minimum Gasteiger partial charge on any atom is -0.493 e. The van der Waals surface area contributed by atoms with E-state index >= 15 is 0 Å². The van der Waals surface area contributed by atoms with Gasteiger partial charge in [0.1, 0.15) is 5.75 Å². The van der Waals surface area contributed by atoms with Crippen LogP contribution in [0.3, 0.4) is 0 Å². The van der Waals surface area contributed by atoms with Crippen molar-refractivity contribution in [1.82, 2.24) is 0 Å². The normalized spacial score (nSPS) is 11.1. The molecule has 0 radical (unpaired) electrons. The van der Waals surface area contributed by atoms with Crippen LogP contribution in [0.1, 0.15) is 42.3 Å². The largest absolute Gasteiger partial charge is 0.493 e. The Morgan fingerprint density at radius 1 is 1.14 bits per heavy atom. The smallest absolute Gasteiger partial charge is 0.159 e. The second-order valence-electron chi connectivity index (χ2n) is 4.89. The van der Waals surface area contributed by atoms with Crippen LogP contribution in [0.5, 0.6) is 5.75 Å². The topological polar surface area (TPSA) is 52.3 Å². The Kier molecular flexibility index (Phi) is 7.17. The van der Waals surface area contributed by atoms with Crippen molar-refractivity contribution in [3.8, 4) is 5.75 Å². The van der Waals surface area contributed by atoms with Gasteiger partial charge < -0.3 is 10.5 Å². The highest BCUT2D eigenvalue weighted by Gasteiger charge is 2.10. The highest BCUT2D eigenvalue weighted by atomic mass is 16.5. The van der Waals surface area contributed by atoms with Gasteiger partial charge in [0.25, 0.3) is 0 Å². The predicted octanol–water partition coefficient (Wildman–Crippen LogP) is 4.43. The lowest BCUT2D eigenvalue weighted by molar-refractivity contribution is 0.101. The number of hydrogen-bond acceptors (Lipinski definition) is 3. The first-order chi connectivity index (χ1) is 10.6. The SMILES string of the molecule is CC.CC(=O)c1cccc(C)c1.Nc1ccc2c(c1)OCC2. The van der Waals surface area contributed by atoms with Crippen LogP contribution in [0.15, 0.2) is 42.5 Å². The molecule has 118 valence electrons. The fourth-order valence-electron chi connectivity index (χ4n) is 2.05. The molecule has 2 N–H and O–H groups in total. The molecule has 0 aliphatic carbocycles. The van der Waals surface area contributed by atoms with E-state index in [9.17, 15) is 4.79 Å². The first kappa shape index (κ1) is 17.8. The van der Waals surface area contributed by atoms with Gasteiger partial charge in [-0.15, -0.1) is 0 Å². The average Bonchev–Trinajstić information content (AvgIpc) is 2.97. The molecule has 0 amide bonds. The summed E-state index contributed by atoms with van der Waals surface area (Å²) in [6.07, 6.45) is 1.02. The second-order valence-corrected chi connectivity index (χ2v) is 4.89. The van der Waals surface area contributed by atoms with Gasteiger partial charge >= 0.3 is 0 Å². The zero-order chi connectivity index (χ0) is 16.5. The second kappa shape index (κ2) is 8.88. The maximum atomic E-state index is 10.8. The van der Waals surface area contributed by atoms with Crippen molar-refractivity contribution in [2.24, 2.45) is 0 Å². The van der Waals surface area contributed by atoms with Crippen molar-refractivity contribution in [3.63, 3.8) is 0 Å². The summed E-state index contributed by atoms with van der Waals surface area (Å²) in [4.78, 5) is 10.8. The van der Waals surface area contributed by atoms with Crippen LogP contribution in [0.2, 0.25) is 0 Å². The Labute approximate surface area is 133 Å². The predicted molar refractivity (Wildman–Crippen MR) is 92.6 cm³/mol. The average molecular weight is 299 g/mol. The molecule has 3 nitrogen and oxygen atoms in total. The number of anilines is 1. The number of carbonyl (C=O) groups excluding carboxylic acids is 1. The van der Waals surface area contributed by atoms with Gasteiger partial charge in [-0.1, -0.05) is 43.7 Å². The van der Waals surface area contributed by atoms with Gasteiger partial charge in [-0.3, -0.25) is 4.79 Å². The molecule has 3 heteroatoms. The Bertz CT molecular complexity index is 621. The van der Waals surface area contributed by atoms with Crippen LogP contribution in [0.25, 0.3) is 0 Å². The van der Waals surface area contributed by atoms with Crippen molar-refractivity contribution >= 4 is 11.5 Å². The third-order valence-electron chi connectivity index (χ3n) is 3.14. The first-order valence-electron chi connectivity index (χ1n) is 7.65. The van der Waals surface area contributed by atoms with Gasteiger partial charge in [-0.25, -0.2) is 0 Å². The van der Waals surface area contributed by atoms with Gasteiger partial charge in [0, 0.05) is 23.7 Å². The quantitative estimate of drug-likeness (QED) is 0.626. The number of carbonyl (C=O) groups is 1. The summed E-state index contributed by atoms with van der Waals surface area (Å²) in [5.74, 6) is 1.09. The Hall–Kier alpha value is -2.29. The van der Waals surface area contributed by atoms with Crippen LogP contribution in [0, 0.1) is 6.92 Å². The molecule has 0 atom stereocenters. The molecule has 1 heterocycles. The molecule has 0 unspecified atom stereocenters. The number of fused-ring (bicyclic) bond motifs is 1. The number of rotatable bonds is 1. The number of aryl methyl sites for hydroxylation is 1. The molecule has 0 saturated carbocycles. The minimum absolute atomic E-state index is 0.128. The van der Waals surface area contributed by atoms with Crippen molar-refractivity contribution in [2.75, 3.05) is 12.3 Å². The molecule has 1 aliphatic rings. The monoisotopic (exact) mass is 299 g/mol. The maximum Gasteiger partial charge on any atom is 0.159 e. The van der Waals surface area contributed by atoms with Crippen LogP contribution < -0.4 is 10.5 Å². The van der Waals surface area contributed by atoms with Crippen LogP contribution in [0.4, 0.5) is 5.69 Å². The summed E-state index contributed by atoms with van der Waals surface area (Å²) in [6.45, 7) is 8.36. The van der Waals surface area contributed by atoms with Crippen LogP contribution >= 0.6 is 0 Å². The van der Waals surface area contributed by atoms with Gasteiger partial charge in [0.2, 0.25) is 0 Å². The summed E-state index contributed by atoms with van der Waals surface area (Å²) in [5.41, 5.74) is 9.53. The molecule has 0 aromatic heterocycles. The molecule has 0 saturated heterocycles. The third kappa shape index (κ3) is 5.24. The van der Waals surface area contributed by atoms with Crippen molar-refractivity contribution in [3.05, 3.63) is 59.2 Å². The first-order valence-corrected chi connectivity index (χ1v) is 7.65. The lowest BCUT2D eigenvalue weighted by Gasteiger charge is -1.98. The lowest BCUT2D eigenvalue weighted by Crippen LogP contribution is -1.90. The molecule has 1 aliphatic heterocycles. The van der Waals surface area contributed by atoms with E-state index in [2.05, 4.69) is 0 Å². The number of Topliss-reactive ketones (excluding diaryl/α,β-unsaturated/α-hetero) is 1. The van der Waals surface area contributed by atoms with Gasteiger partial charge in [-0.2, -0.15) is 0 Å². The number of benzene rings is 2. The van der Waals surface area contributed by atoms with Gasteiger partial charge in [0.15, 0.2) is 5.78 Å². The van der Waals surface area contributed by atoms with E-state index in [-0.39, 0.29) is 5.78 Å². The number of ketones is 1. The van der Waals surface area contributed by atoms with E-state index in [0.29, 0.717) is 0 Å². The number of ether oxygens (including phenoxy) is 1. The molecule has 3 rings (SSSR count). The Morgan fingerprint density at radius 3 is 2.45 bits per heavy atom. The summed E-state index contributed by atoms with van der Waals surface area (Å²) < 4.78 is 5.30. The number of nitrogens with two attached hydrogens (primary N) is 1. The van der Waals surface area contributed by atoms with E-state index in [1.54, 1.807) is 6.92 Å². The summed E-state index contributed by atoms with van der Waals surface area (Å²) in [6, 6.07) is 13.4. The number of nitrogen functional groups attached to an aromatic ring is 1. The third-order valence-corrected chi connectivity index (χ3v) is 3.14. The van der Waals surface area contributed by atoms with Crippen LogP contribution in [-0.2, 0) is 6.42 Å². The zero-order valence-electron chi connectivity index (χ0n) is 13.8. The van der Waals surface area contributed by atoms with Gasteiger partial charge in [-0.05, 0) is 31.5 Å². The van der Waals surface area contributed by atoms with Crippen molar-refractivity contribution in [2.45, 2.75) is 34.1 Å². The van der Waals surface area contributed by atoms with Crippen molar-refractivity contribution in [1.29, 1.82) is 0 Å². The van der Waals surface area contributed by atoms with E-state index in [4.69, 9.17) is 10.5 Å². The standard InChI is InChI=1S/C9H10O.C8H9NO.C2H6/c1-7-4-3-5-9(6-7)8(2)10;9-7-2-1-6-3-4-10-8(6)5-7;1-2/h3-6H,1-2H3;1-2,5H,3-4,9H2;1-2H3. The summed E-state index contributed by atoms with van der Waals surface area (Å²) in [5, 5.41) is 0. The van der Waals surface area contributed by atoms with Crippen LogP contribution in [-0.4, -0.2) is 12.4 Å². The molecule has 22 heavy (non-hydrogen) atoms. The fourth-order valence-corrected chi connectivity index (χ4v) is 2.05. The molecular weight excluding hydrogens is 274 g/mol. The fraction of sp³-hybridized carbons (Fsp3) is 0.316. The van der Waals surface area contributed by atoms with E-state index in [1.807, 2.05) is 63.2 Å². The molecule has 2 aromatic rings. The highest BCUT2D eigenvalue weighted by molar-refractivity contribution is 5.94. The molecule has 2 aromatic carbocycles. The van der Waals surface area contributed by atoms with E-state index < -0.39 is 0 Å². The Morgan fingerprint density at radius 2 is 1.86 bits per heavy atom. The molecule has 0 bridgehead atoms. The summed E-state index contributed by atoms with van der Waals surface area (Å²) in [7, 11) is 0. The highest BCUT2D eigenvalue weighted by Crippen LogP contribution is 2.26. The van der Waals surface area contributed by atoms with E-state index in [0.717, 1.165) is 35.6 Å². The molecule has 0 spiro atoms. The Balaban J connectivity index is 0.000000198. The number of hydrogen-bond donors (Lipinski definition) is 1. The minimum atomic E-state index is 0.128. The van der Waals surface area contributed by atoms with Gasteiger partial charge in [0.05, 0.1) is 6.61 Å². The molecular formula is C19H25NO2. The zero-order valence-corrected chi connectivity index (χ0v) is 13.8. The molecule has 0 fully saturated rings. The lowest BCUT2D eigenvalue weighted by atomic mass is 10.1.